The number of likely N-dealkylation sites (tertiary alicyclic amines) is 1. The number of carbonyl (C=O) groups excluding carboxylic acids is 1. The minimum absolute atomic E-state index is 0.0149. The molecule has 1 aromatic carbocycles. The van der Waals surface area contributed by atoms with Crippen molar-refractivity contribution in [3.8, 4) is 5.69 Å². The molecular weight excluding hydrogens is 517 g/mol. The smallest absolute Gasteiger partial charge is 0.410 e. The molecule has 2 aliphatic rings. The maximum atomic E-state index is 15.2. The van der Waals surface area contributed by atoms with Gasteiger partial charge in [0.25, 0.3) is 11.1 Å². The van der Waals surface area contributed by atoms with Gasteiger partial charge in [0.05, 0.1) is 17.4 Å². The van der Waals surface area contributed by atoms with E-state index in [0.717, 1.165) is 4.57 Å². The molecule has 1 amide bonds. The summed E-state index contributed by atoms with van der Waals surface area (Å²) < 4.78 is 24.2. The fraction of sp³-hybridized carbons (Fsp3) is 0.517. The molecule has 0 spiro atoms. The lowest BCUT2D eigenvalue weighted by Gasteiger charge is -2.40. The Hall–Kier alpha value is -3.89. The minimum atomic E-state index is -0.683. The first-order valence-corrected chi connectivity index (χ1v) is 13.7. The van der Waals surface area contributed by atoms with Crippen molar-refractivity contribution >= 4 is 22.8 Å². The number of carbonyl (C=O) groups is 1. The molecule has 3 heterocycles. The van der Waals surface area contributed by atoms with Crippen molar-refractivity contribution in [1.82, 2.24) is 18.6 Å². The lowest BCUT2D eigenvalue weighted by molar-refractivity contribution is 0.0105. The molecule has 2 aromatic heterocycles. The normalized spacial score (nSPS) is 15.4. The number of nitrogens with one attached hydrogen (secondary N) is 1. The van der Waals surface area contributed by atoms with E-state index in [9.17, 15) is 19.2 Å². The van der Waals surface area contributed by atoms with Crippen molar-refractivity contribution in [3.63, 3.8) is 0 Å². The lowest BCUT2D eigenvalue weighted by atomic mass is 10.1. The van der Waals surface area contributed by atoms with E-state index in [1.54, 1.807) is 40.7 Å². The van der Waals surface area contributed by atoms with Crippen LogP contribution in [0.4, 0.5) is 14.9 Å². The third-order valence-corrected chi connectivity index (χ3v) is 6.97. The van der Waals surface area contributed by atoms with E-state index >= 15 is 4.39 Å². The van der Waals surface area contributed by atoms with Gasteiger partial charge in [-0.2, -0.15) is 0 Å². The second kappa shape index (κ2) is 10.6. The van der Waals surface area contributed by atoms with E-state index in [0.29, 0.717) is 37.1 Å². The van der Waals surface area contributed by atoms with Gasteiger partial charge >= 0.3 is 11.8 Å². The van der Waals surface area contributed by atoms with Crippen LogP contribution in [0.25, 0.3) is 16.7 Å². The molecule has 0 bridgehead atoms. The summed E-state index contributed by atoms with van der Waals surface area (Å²) in [5.41, 5.74) is -1.03. The number of aryl methyl sites for hydroxylation is 2. The van der Waals surface area contributed by atoms with Crippen molar-refractivity contribution in [2.24, 2.45) is 7.05 Å². The second-order valence-electron chi connectivity index (χ2n) is 11.3. The summed E-state index contributed by atoms with van der Waals surface area (Å²) in [5.74, 6) is -0.635. The minimum Gasteiger partial charge on any atom is -0.444 e. The van der Waals surface area contributed by atoms with E-state index < -0.39 is 34.3 Å². The van der Waals surface area contributed by atoms with Crippen LogP contribution in [0.15, 0.2) is 32.6 Å². The zero-order valence-corrected chi connectivity index (χ0v) is 24.4. The lowest BCUT2D eigenvalue weighted by Crippen LogP contribution is -2.58. The van der Waals surface area contributed by atoms with Crippen LogP contribution >= 0.6 is 0 Å². The Kier molecular flexibility index (Phi) is 7.70. The van der Waals surface area contributed by atoms with Crippen molar-refractivity contribution in [2.75, 3.05) is 18.4 Å². The molecule has 1 N–H and O–H groups in total. The predicted molar refractivity (Wildman–Crippen MR) is 153 cm³/mol. The number of nitrogens with zero attached hydrogens (tertiary/aromatic N) is 4. The third kappa shape index (κ3) is 5.16. The van der Waals surface area contributed by atoms with Gasteiger partial charge in [-0.1, -0.05) is 19.9 Å². The molecule has 40 heavy (non-hydrogen) atoms. The Morgan fingerprint density at radius 2 is 1.68 bits per heavy atom. The average molecular weight is 556 g/mol. The molecule has 11 heteroatoms. The number of rotatable bonds is 4. The first kappa shape index (κ1) is 29.1. The number of hydrogen-bond donors (Lipinski definition) is 1. The van der Waals surface area contributed by atoms with Crippen molar-refractivity contribution in [2.45, 2.75) is 79.0 Å². The van der Waals surface area contributed by atoms with E-state index in [4.69, 9.17) is 4.74 Å². The molecule has 3 aromatic rings. The molecule has 1 saturated heterocycles. The quantitative estimate of drug-likeness (QED) is 0.522. The molecule has 0 atom stereocenters. The van der Waals surface area contributed by atoms with E-state index in [2.05, 4.69) is 5.32 Å². The highest BCUT2D eigenvalue weighted by Crippen LogP contribution is 2.34. The molecule has 10 nitrogen and oxygen atoms in total. The summed E-state index contributed by atoms with van der Waals surface area (Å²) in [6.45, 7) is 13.3. The SMILES string of the molecule is CC.Cc1ccc(-n2c(=O)n(C3CC3)c(=O)c3c(NC4CN(C(=O)OC(C)(C)C)C4)c(C)c(=O)n(C)c32)c(F)c1. The summed E-state index contributed by atoms with van der Waals surface area (Å²) in [7, 11) is 1.47. The van der Waals surface area contributed by atoms with Gasteiger partial charge in [-0.05, 0) is 65.2 Å². The van der Waals surface area contributed by atoms with Gasteiger partial charge < -0.3 is 15.0 Å². The van der Waals surface area contributed by atoms with Crippen LogP contribution in [0.2, 0.25) is 0 Å². The highest BCUT2D eigenvalue weighted by Gasteiger charge is 2.36. The second-order valence-corrected chi connectivity index (χ2v) is 11.3. The van der Waals surface area contributed by atoms with E-state index in [1.165, 1.54) is 33.2 Å². The number of ether oxygens (including phenoxy) is 1. The van der Waals surface area contributed by atoms with Gasteiger partial charge in [-0.25, -0.2) is 18.5 Å². The van der Waals surface area contributed by atoms with E-state index in [-0.39, 0.29) is 34.5 Å². The number of hydrogen-bond acceptors (Lipinski definition) is 6. The fourth-order valence-corrected chi connectivity index (χ4v) is 4.89. The maximum Gasteiger partial charge on any atom is 0.410 e. The largest absolute Gasteiger partial charge is 0.444 e. The summed E-state index contributed by atoms with van der Waals surface area (Å²) >= 11 is 0. The van der Waals surface area contributed by atoms with Gasteiger partial charge in [0, 0.05) is 31.7 Å². The van der Waals surface area contributed by atoms with Crippen LogP contribution in [-0.4, -0.2) is 49.4 Å². The van der Waals surface area contributed by atoms with E-state index in [1.807, 2.05) is 13.8 Å². The van der Waals surface area contributed by atoms with Gasteiger partial charge in [0.1, 0.15) is 22.5 Å². The Morgan fingerprint density at radius 3 is 2.23 bits per heavy atom. The monoisotopic (exact) mass is 555 g/mol. The summed E-state index contributed by atoms with van der Waals surface area (Å²) in [6.07, 6.45) is 0.886. The fourth-order valence-electron chi connectivity index (χ4n) is 4.89. The first-order chi connectivity index (χ1) is 18.8. The van der Waals surface area contributed by atoms with Crippen LogP contribution in [0.5, 0.6) is 0 Å². The van der Waals surface area contributed by atoms with Gasteiger partial charge in [0.15, 0.2) is 0 Å². The zero-order chi connectivity index (χ0) is 29.7. The maximum absolute atomic E-state index is 15.2. The Bertz CT molecular complexity index is 1650. The summed E-state index contributed by atoms with van der Waals surface area (Å²) in [5, 5.41) is 3.40. The predicted octanol–water partition coefficient (Wildman–Crippen LogP) is 4.00. The molecule has 2 fully saturated rings. The van der Waals surface area contributed by atoms with Crippen LogP contribution in [-0.2, 0) is 11.8 Å². The molecule has 5 rings (SSSR count). The van der Waals surface area contributed by atoms with Crippen molar-refractivity contribution in [1.29, 1.82) is 0 Å². The third-order valence-electron chi connectivity index (χ3n) is 6.97. The number of halogens is 1. The molecule has 1 aliphatic heterocycles. The highest BCUT2D eigenvalue weighted by atomic mass is 19.1. The number of anilines is 1. The summed E-state index contributed by atoms with van der Waals surface area (Å²) in [6, 6.07) is 3.94. The topological polar surface area (TPSA) is 108 Å². The standard InChI is InChI=1S/C27H32FN5O5.C2H6/c1-14-7-10-19(18(28)11-14)33-22-20(24(35)32(25(33)36)17-8-9-17)21(15(2)23(34)30(22)6)29-16-12-31(13-16)26(37)38-27(3,4)5;1-2/h7,10-11,16-17,29H,8-9,12-13H2,1-6H3;1-2H3. The van der Waals surface area contributed by atoms with Crippen LogP contribution in [0.3, 0.4) is 0 Å². The number of pyridine rings is 1. The average Bonchev–Trinajstić information content (AvgIpc) is 3.68. The van der Waals surface area contributed by atoms with Gasteiger partial charge in [-0.15, -0.1) is 0 Å². The number of fused-ring (bicyclic) bond motifs is 1. The first-order valence-electron chi connectivity index (χ1n) is 13.7. The molecular formula is C29H38FN5O5. The highest BCUT2D eigenvalue weighted by molar-refractivity contribution is 5.91. The van der Waals surface area contributed by atoms with Crippen LogP contribution in [0.1, 0.15) is 64.6 Å². The molecule has 0 radical (unpaired) electrons. The van der Waals surface area contributed by atoms with Gasteiger partial charge in [-0.3, -0.25) is 18.7 Å². The number of aromatic nitrogens is 3. The Morgan fingerprint density at radius 1 is 1.05 bits per heavy atom. The molecule has 216 valence electrons. The molecule has 0 unspecified atom stereocenters. The van der Waals surface area contributed by atoms with Crippen molar-refractivity contribution in [3.05, 3.63) is 66.3 Å². The molecule has 1 aliphatic carbocycles. The Labute approximate surface area is 232 Å². The Balaban J connectivity index is 0.00000181. The number of benzene rings is 1. The van der Waals surface area contributed by atoms with Crippen molar-refractivity contribution < 1.29 is 13.9 Å². The zero-order valence-electron chi connectivity index (χ0n) is 24.4. The van der Waals surface area contributed by atoms with Gasteiger partial charge in [0.2, 0.25) is 0 Å². The van der Waals surface area contributed by atoms with Crippen LogP contribution < -0.4 is 22.1 Å². The number of amides is 1. The molecule has 1 saturated carbocycles. The summed E-state index contributed by atoms with van der Waals surface area (Å²) in [4.78, 5) is 54.7. The van der Waals surface area contributed by atoms with Crippen LogP contribution in [0, 0.1) is 19.7 Å².